The summed E-state index contributed by atoms with van der Waals surface area (Å²) in [6, 6.07) is 45.8. The van der Waals surface area contributed by atoms with Gasteiger partial charge in [0.1, 0.15) is 0 Å². The molecule has 7 rings (SSSR count). The third-order valence-electron chi connectivity index (χ3n) is 7.14. The van der Waals surface area contributed by atoms with Crippen LogP contribution in [0.1, 0.15) is 0 Å². The first-order chi connectivity index (χ1) is 17.8. The molecule has 0 bridgehead atoms. The van der Waals surface area contributed by atoms with Gasteiger partial charge in [0.15, 0.2) is 0 Å². The number of hydrogen-bond acceptors (Lipinski definition) is 1. The first kappa shape index (κ1) is 20.6. The van der Waals surface area contributed by atoms with Gasteiger partial charge in [-0.05, 0) is 84.6 Å². The summed E-state index contributed by atoms with van der Waals surface area (Å²) >= 11 is 0. The average Bonchev–Trinajstić information content (AvgIpc) is 2.98. The molecule has 0 saturated heterocycles. The van der Waals surface area contributed by atoms with E-state index < -0.39 is 0 Å². The molecular formula is C35H23N. The highest BCUT2D eigenvalue weighted by atomic mass is 14.6. The minimum Gasteiger partial charge on any atom is -0.264 e. The molecule has 1 heterocycles. The molecule has 7 aromatic rings. The molecule has 0 aliphatic carbocycles. The summed E-state index contributed by atoms with van der Waals surface area (Å²) in [4.78, 5) is 4.42. The average molecular weight is 458 g/mol. The maximum Gasteiger partial charge on any atom is 0.0352 e. The normalized spacial score (nSPS) is 11.3. The highest BCUT2D eigenvalue weighted by Gasteiger charge is 2.10. The van der Waals surface area contributed by atoms with Crippen LogP contribution in [0.3, 0.4) is 0 Å². The summed E-state index contributed by atoms with van der Waals surface area (Å²) in [6.07, 6.45) is 3.88. The fourth-order valence-corrected chi connectivity index (χ4v) is 5.37. The number of pyridine rings is 1. The van der Waals surface area contributed by atoms with Gasteiger partial charge in [0.2, 0.25) is 0 Å². The molecule has 0 N–H and O–H groups in total. The van der Waals surface area contributed by atoms with Gasteiger partial charge in [0, 0.05) is 17.8 Å². The first-order valence-electron chi connectivity index (χ1n) is 12.3. The van der Waals surface area contributed by atoms with Crippen molar-refractivity contribution in [3.8, 4) is 33.4 Å². The van der Waals surface area contributed by atoms with Gasteiger partial charge in [0.25, 0.3) is 0 Å². The molecule has 168 valence electrons. The number of benzene rings is 6. The van der Waals surface area contributed by atoms with E-state index in [1.807, 2.05) is 12.4 Å². The lowest BCUT2D eigenvalue weighted by Crippen LogP contribution is -1.86. The topological polar surface area (TPSA) is 12.9 Å². The van der Waals surface area contributed by atoms with Crippen molar-refractivity contribution in [3.63, 3.8) is 0 Å². The molecule has 0 aliphatic heterocycles. The minimum absolute atomic E-state index is 1.20. The van der Waals surface area contributed by atoms with Crippen molar-refractivity contribution in [2.45, 2.75) is 0 Å². The summed E-state index contributed by atoms with van der Waals surface area (Å²) in [7, 11) is 0. The Labute approximate surface area is 210 Å². The van der Waals surface area contributed by atoms with Crippen LogP contribution in [0.2, 0.25) is 0 Å². The minimum atomic E-state index is 1.20. The van der Waals surface area contributed by atoms with Gasteiger partial charge in [0.05, 0.1) is 0 Å². The largest absolute Gasteiger partial charge is 0.264 e. The molecular weight excluding hydrogens is 434 g/mol. The Bertz CT molecular complexity index is 1850. The van der Waals surface area contributed by atoms with E-state index in [2.05, 4.69) is 132 Å². The van der Waals surface area contributed by atoms with Crippen molar-refractivity contribution in [1.82, 2.24) is 4.98 Å². The second-order valence-corrected chi connectivity index (χ2v) is 9.25. The van der Waals surface area contributed by atoms with Gasteiger partial charge in [-0.1, -0.05) is 103 Å². The fraction of sp³-hybridized carbons (Fsp3) is 0. The number of aromatic nitrogens is 1. The van der Waals surface area contributed by atoms with E-state index in [-0.39, 0.29) is 0 Å². The van der Waals surface area contributed by atoms with Crippen LogP contribution in [-0.4, -0.2) is 4.98 Å². The summed E-state index contributed by atoms with van der Waals surface area (Å²) in [5, 5.41) is 7.50. The Kier molecular flexibility index (Phi) is 4.85. The summed E-state index contributed by atoms with van der Waals surface area (Å²) < 4.78 is 0. The van der Waals surface area contributed by atoms with Crippen LogP contribution in [-0.2, 0) is 0 Å². The fourth-order valence-electron chi connectivity index (χ4n) is 5.37. The third-order valence-corrected chi connectivity index (χ3v) is 7.14. The van der Waals surface area contributed by atoms with Crippen molar-refractivity contribution in [3.05, 3.63) is 140 Å². The number of fused-ring (bicyclic) bond motifs is 6. The van der Waals surface area contributed by atoms with Crippen LogP contribution in [0.5, 0.6) is 0 Å². The van der Waals surface area contributed by atoms with Crippen molar-refractivity contribution >= 4 is 32.3 Å². The summed E-state index contributed by atoms with van der Waals surface area (Å²) in [5.41, 5.74) is 7.35. The lowest BCUT2D eigenvalue weighted by atomic mass is 9.92. The summed E-state index contributed by atoms with van der Waals surface area (Å²) in [5.74, 6) is 0. The first-order valence-corrected chi connectivity index (χ1v) is 12.3. The molecule has 0 amide bonds. The van der Waals surface area contributed by atoms with E-state index in [0.29, 0.717) is 0 Å². The summed E-state index contributed by atoms with van der Waals surface area (Å²) in [6.45, 7) is 0. The third kappa shape index (κ3) is 3.45. The van der Waals surface area contributed by atoms with Gasteiger partial charge in [-0.2, -0.15) is 0 Å². The van der Waals surface area contributed by atoms with Crippen molar-refractivity contribution < 1.29 is 0 Å². The van der Waals surface area contributed by atoms with Crippen molar-refractivity contribution in [2.24, 2.45) is 0 Å². The molecule has 0 saturated carbocycles. The number of rotatable bonds is 3. The maximum atomic E-state index is 4.42. The SMILES string of the molecule is c1ccc(-c2cccc(-c3cccc(-c4ccc5c6ccccc6c6cnccc6c5c4)c3)c2)cc1. The van der Waals surface area contributed by atoms with E-state index in [0.717, 1.165) is 0 Å². The highest BCUT2D eigenvalue weighted by Crippen LogP contribution is 2.37. The quantitative estimate of drug-likeness (QED) is 0.241. The number of hydrogen-bond donors (Lipinski definition) is 0. The van der Waals surface area contributed by atoms with Gasteiger partial charge >= 0.3 is 0 Å². The molecule has 0 spiro atoms. The van der Waals surface area contributed by atoms with Crippen molar-refractivity contribution in [2.75, 3.05) is 0 Å². The lowest BCUT2D eigenvalue weighted by Gasteiger charge is -2.12. The Hall–Kier alpha value is -4.75. The van der Waals surface area contributed by atoms with E-state index in [1.165, 1.54) is 65.7 Å². The zero-order chi connectivity index (χ0) is 23.9. The Morgan fingerprint density at radius 3 is 1.50 bits per heavy atom. The molecule has 1 heteroatoms. The van der Waals surface area contributed by atoms with Gasteiger partial charge in [-0.3, -0.25) is 4.98 Å². The molecule has 0 aliphatic rings. The second kappa shape index (κ2) is 8.48. The molecule has 36 heavy (non-hydrogen) atoms. The molecule has 1 nitrogen and oxygen atoms in total. The maximum absolute atomic E-state index is 4.42. The molecule has 1 aromatic heterocycles. The van der Waals surface area contributed by atoms with Crippen LogP contribution >= 0.6 is 0 Å². The molecule has 0 unspecified atom stereocenters. The van der Waals surface area contributed by atoms with E-state index >= 15 is 0 Å². The lowest BCUT2D eigenvalue weighted by molar-refractivity contribution is 1.37. The Balaban J connectivity index is 1.38. The van der Waals surface area contributed by atoms with Crippen LogP contribution in [0.4, 0.5) is 0 Å². The Morgan fingerprint density at radius 2 is 0.806 bits per heavy atom. The van der Waals surface area contributed by atoms with Crippen LogP contribution in [0.25, 0.3) is 65.7 Å². The van der Waals surface area contributed by atoms with Crippen LogP contribution in [0.15, 0.2) is 140 Å². The monoisotopic (exact) mass is 457 g/mol. The smallest absolute Gasteiger partial charge is 0.0352 e. The standard InChI is InChI=1S/C35H23N/c1-2-8-24(9-3-1)25-10-6-11-26(20-25)27-12-7-13-28(21-27)29-16-17-32-30-14-4-5-15-31(30)35-23-36-19-18-33(35)34(32)22-29/h1-23H. The van der Waals surface area contributed by atoms with E-state index in [4.69, 9.17) is 0 Å². The zero-order valence-corrected chi connectivity index (χ0v) is 19.7. The number of nitrogens with zero attached hydrogens (tertiary/aromatic N) is 1. The van der Waals surface area contributed by atoms with Gasteiger partial charge in [-0.25, -0.2) is 0 Å². The Morgan fingerprint density at radius 1 is 0.306 bits per heavy atom. The predicted octanol–water partition coefficient (Wildman–Crippen LogP) is 9.54. The van der Waals surface area contributed by atoms with Gasteiger partial charge < -0.3 is 0 Å². The zero-order valence-electron chi connectivity index (χ0n) is 19.7. The van der Waals surface area contributed by atoms with Crippen LogP contribution in [0, 0.1) is 0 Å². The van der Waals surface area contributed by atoms with E-state index in [1.54, 1.807) is 0 Å². The molecule has 6 aromatic carbocycles. The van der Waals surface area contributed by atoms with E-state index in [9.17, 15) is 0 Å². The molecule has 0 fully saturated rings. The van der Waals surface area contributed by atoms with Crippen molar-refractivity contribution in [1.29, 1.82) is 0 Å². The van der Waals surface area contributed by atoms with Crippen LogP contribution < -0.4 is 0 Å². The second-order valence-electron chi connectivity index (χ2n) is 9.25. The molecule has 0 atom stereocenters. The predicted molar refractivity (Wildman–Crippen MR) is 153 cm³/mol. The molecule has 0 radical (unpaired) electrons. The van der Waals surface area contributed by atoms with Gasteiger partial charge in [-0.15, -0.1) is 0 Å². The highest BCUT2D eigenvalue weighted by molar-refractivity contribution is 6.25.